The van der Waals surface area contributed by atoms with Crippen LogP contribution in [0.3, 0.4) is 0 Å². The molecule has 0 bridgehead atoms. The molecule has 0 amide bonds. The molecule has 0 aliphatic carbocycles. The maximum atomic E-state index is 13.5. The first-order chi connectivity index (χ1) is 13.8. The molecule has 0 aliphatic heterocycles. The number of carbonyl (C=O) groups is 2. The van der Waals surface area contributed by atoms with E-state index in [1.807, 2.05) is 13.8 Å². The van der Waals surface area contributed by atoms with Crippen molar-refractivity contribution >= 4 is 12.3 Å². The smallest absolute Gasteiger partial charge is 0.305 e. The lowest BCUT2D eigenvalue weighted by atomic mass is 9.80. The number of unbranched alkanes of at least 4 members (excludes halogenated alkanes) is 2. The normalized spacial score (nSPS) is 11.9. The van der Waals surface area contributed by atoms with Gasteiger partial charge in [-0.25, -0.2) is 4.39 Å². The maximum Gasteiger partial charge on any atom is 0.305 e. The summed E-state index contributed by atoms with van der Waals surface area (Å²) in [6.07, 6.45) is 4.29. The summed E-state index contributed by atoms with van der Waals surface area (Å²) in [5.74, 6) is -0.528. The number of aldehydes is 1. The fourth-order valence-corrected chi connectivity index (χ4v) is 3.86. The van der Waals surface area contributed by atoms with Crippen LogP contribution in [0.4, 0.5) is 4.39 Å². The highest BCUT2D eigenvalue weighted by atomic mass is 19.1. The molecule has 0 spiro atoms. The van der Waals surface area contributed by atoms with Crippen LogP contribution < -0.4 is 0 Å². The number of esters is 1. The Bertz CT molecular complexity index is 872. The van der Waals surface area contributed by atoms with Gasteiger partial charge < -0.3 is 9.84 Å². The standard InChI is InChI=1S/C24H29FO4/c1-15-16(2)24(28)23(17(3)21(15)14-26)20(18-10-12-19(25)13-11-18)8-6-5-7-9-22(27)29-4/h10-14,20,28H,5-9H2,1-4H3/t20-/m1/s1. The molecule has 0 fully saturated rings. The molecule has 2 aromatic rings. The summed E-state index contributed by atoms with van der Waals surface area (Å²) in [6, 6.07) is 6.27. The summed E-state index contributed by atoms with van der Waals surface area (Å²) < 4.78 is 18.1. The second-order valence-corrected chi connectivity index (χ2v) is 7.45. The van der Waals surface area contributed by atoms with Gasteiger partial charge in [0.1, 0.15) is 11.6 Å². The molecule has 0 unspecified atom stereocenters. The minimum Gasteiger partial charge on any atom is -0.507 e. The van der Waals surface area contributed by atoms with Crippen molar-refractivity contribution in [2.75, 3.05) is 7.11 Å². The van der Waals surface area contributed by atoms with Gasteiger partial charge in [-0.05, 0) is 68.0 Å². The summed E-state index contributed by atoms with van der Waals surface area (Å²) in [5.41, 5.74) is 4.41. The van der Waals surface area contributed by atoms with Crippen LogP contribution in [-0.2, 0) is 9.53 Å². The average Bonchev–Trinajstić information content (AvgIpc) is 2.71. The zero-order valence-electron chi connectivity index (χ0n) is 17.5. The number of methoxy groups -OCH3 is 1. The minimum absolute atomic E-state index is 0.174. The first-order valence-corrected chi connectivity index (χ1v) is 9.91. The number of ether oxygens (including phenoxy) is 1. The van der Waals surface area contributed by atoms with E-state index >= 15 is 0 Å². The fraction of sp³-hybridized carbons (Fsp3) is 0.417. The fourth-order valence-electron chi connectivity index (χ4n) is 3.86. The van der Waals surface area contributed by atoms with Gasteiger partial charge in [-0.15, -0.1) is 0 Å². The molecule has 29 heavy (non-hydrogen) atoms. The van der Waals surface area contributed by atoms with Gasteiger partial charge in [0.2, 0.25) is 0 Å². The Hall–Kier alpha value is -2.69. The van der Waals surface area contributed by atoms with E-state index < -0.39 is 0 Å². The van der Waals surface area contributed by atoms with Gasteiger partial charge in [-0.1, -0.05) is 25.0 Å². The molecule has 0 saturated heterocycles. The molecule has 4 nitrogen and oxygen atoms in total. The van der Waals surface area contributed by atoms with E-state index in [1.54, 1.807) is 19.1 Å². The highest BCUT2D eigenvalue weighted by Gasteiger charge is 2.24. The predicted molar refractivity (Wildman–Crippen MR) is 111 cm³/mol. The van der Waals surface area contributed by atoms with Gasteiger partial charge in [-0.2, -0.15) is 0 Å². The molecule has 5 heteroatoms. The van der Waals surface area contributed by atoms with Crippen molar-refractivity contribution in [2.24, 2.45) is 0 Å². The van der Waals surface area contributed by atoms with Crippen LogP contribution in [0.1, 0.15) is 76.2 Å². The average molecular weight is 400 g/mol. The van der Waals surface area contributed by atoms with Crippen LogP contribution in [-0.4, -0.2) is 24.5 Å². The SMILES string of the molecule is COC(=O)CCCCC[C@H](c1ccc(F)cc1)c1c(C)c(C=O)c(C)c(C)c1O. The molecule has 0 aliphatic rings. The highest BCUT2D eigenvalue weighted by molar-refractivity contribution is 5.82. The largest absolute Gasteiger partial charge is 0.507 e. The van der Waals surface area contributed by atoms with Crippen molar-refractivity contribution in [1.82, 2.24) is 0 Å². The molecule has 0 saturated carbocycles. The Labute approximate surface area is 171 Å². The zero-order valence-corrected chi connectivity index (χ0v) is 17.5. The van der Waals surface area contributed by atoms with E-state index in [0.29, 0.717) is 24.0 Å². The van der Waals surface area contributed by atoms with Crippen LogP contribution in [0.25, 0.3) is 0 Å². The topological polar surface area (TPSA) is 63.6 Å². The summed E-state index contributed by atoms with van der Waals surface area (Å²) >= 11 is 0. The minimum atomic E-state index is -0.319. The van der Waals surface area contributed by atoms with Crippen molar-refractivity contribution in [3.8, 4) is 5.75 Å². The highest BCUT2D eigenvalue weighted by Crippen LogP contribution is 2.41. The molecular weight excluding hydrogens is 371 g/mol. The third-order valence-electron chi connectivity index (χ3n) is 5.72. The van der Waals surface area contributed by atoms with E-state index in [4.69, 9.17) is 0 Å². The van der Waals surface area contributed by atoms with Crippen LogP contribution in [0, 0.1) is 26.6 Å². The molecule has 2 rings (SSSR count). The maximum absolute atomic E-state index is 13.5. The number of aromatic hydroxyl groups is 1. The van der Waals surface area contributed by atoms with Gasteiger partial charge in [0.25, 0.3) is 0 Å². The third-order valence-corrected chi connectivity index (χ3v) is 5.72. The number of halogens is 1. The first kappa shape index (κ1) is 22.6. The van der Waals surface area contributed by atoms with Crippen molar-refractivity contribution in [3.05, 3.63) is 63.5 Å². The first-order valence-electron chi connectivity index (χ1n) is 9.91. The number of phenols is 1. The lowest BCUT2D eigenvalue weighted by Crippen LogP contribution is -2.09. The number of hydrogen-bond acceptors (Lipinski definition) is 4. The summed E-state index contributed by atoms with van der Waals surface area (Å²) in [7, 11) is 1.38. The number of phenolic OH excluding ortho intramolecular Hbond substituents is 1. The second-order valence-electron chi connectivity index (χ2n) is 7.45. The number of carbonyl (C=O) groups excluding carboxylic acids is 2. The molecule has 1 N–H and O–H groups in total. The summed E-state index contributed by atoms with van der Waals surface area (Å²) in [5, 5.41) is 10.9. The second kappa shape index (κ2) is 10.2. The van der Waals surface area contributed by atoms with Gasteiger partial charge >= 0.3 is 5.97 Å². The lowest BCUT2D eigenvalue weighted by Gasteiger charge is -2.25. The molecule has 2 aromatic carbocycles. The Kier molecular flexibility index (Phi) is 7.94. The van der Waals surface area contributed by atoms with Crippen LogP contribution in [0.5, 0.6) is 5.75 Å². The van der Waals surface area contributed by atoms with E-state index in [1.165, 1.54) is 19.2 Å². The van der Waals surface area contributed by atoms with Gasteiger partial charge in [0, 0.05) is 23.5 Å². The van der Waals surface area contributed by atoms with Crippen LogP contribution in [0.15, 0.2) is 24.3 Å². The van der Waals surface area contributed by atoms with Gasteiger partial charge in [0.05, 0.1) is 7.11 Å². The Morgan fingerprint density at radius 1 is 1.07 bits per heavy atom. The van der Waals surface area contributed by atoms with Gasteiger partial charge in [0.15, 0.2) is 6.29 Å². The molecule has 0 aromatic heterocycles. The zero-order chi connectivity index (χ0) is 21.6. The molecule has 1 atom stereocenters. The van der Waals surface area contributed by atoms with Crippen molar-refractivity contribution in [1.29, 1.82) is 0 Å². The number of benzene rings is 2. The van der Waals surface area contributed by atoms with E-state index in [-0.39, 0.29) is 23.5 Å². The molecule has 156 valence electrons. The Morgan fingerprint density at radius 3 is 2.31 bits per heavy atom. The summed E-state index contributed by atoms with van der Waals surface area (Å²) in [6.45, 7) is 5.48. The van der Waals surface area contributed by atoms with Crippen molar-refractivity contribution in [2.45, 2.75) is 58.8 Å². The Morgan fingerprint density at radius 2 is 1.72 bits per heavy atom. The number of rotatable bonds is 9. The lowest BCUT2D eigenvalue weighted by molar-refractivity contribution is -0.140. The van der Waals surface area contributed by atoms with Crippen molar-refractivity contribution < 1.29 is 23.8 Å². The quantitative estimate of drug-likeness (QED) is 0.342. The van der Waals surface area contributed by atoms with Crippen molar-refractivity contribution in [3.63, 3.8) is 0 Å². The molecule has 0 heterocycles. The van der Waals surface area contributed by atoms with E-state index in [2.05, 4.69) is 4.74 Å². The monoisotopic (exact) mass is 400 g/mol. The molecule has 0 radical (unpaired) electrons. The summed E-state index contributed by atoms with van der Waals surface area (Å²) in [4.78, 5) is 23.0. The van der Waals surface area contributed by atoms with E-state index in [9.17, 15) is 19.1 Å². The van der Waals surface area contributed by atoms with Crippen LogP contribution in [0.2, 0.25) is 0 Å². The Balaban J connectivity index is 2.38. The van der Waals surface area contributed by atoms with Gasteiger partial charge in [-0.3, -0.25) is 9.59 Å². The van der Waals surface area contributed by atoms with E-state index in [0.717, 1.165) is 47.8 Å². The third kappa shape index (κ3) is 5.22. The molecular formula is C24H29FO4. The van der Waals surface area contributed by atoms with Crippen LogP contribution >= 0.6 is 0 Å². The number of hydrogen-bond donors (Lipinski definition) is 1. The predicted octanol–water partition coefficient (Wildman–Crippen LogP) is 5.52.